The Kier molecular flexibility index (Phi) is 18.3. The molecule has 2 unspecified atom stereocenters. The summed E-state index contributed by atoms with van der Waals surface area (Å²) in [4.78, 5) is 0. The third kappa shape index (κ3) is 14.7. The van der Waals surface area contributed by atoms with E-state index < -0.39 is 0 Å². The van der Waals surface area contributed by atoms with Gasteiger partial charge in [0, 0.05) is 0 Å². The first-order chi connectivity index (χ1) is 30.1. The van der Waals surface area contributed by atoms with Crippen molar-refractivity contribution < 1.29 is 0 Å². The van der Waals surface area contributed by atoms with Crippen molar-refractivity contribution in [2.75, 3.05) is 0 Å². The summed E-state index contributed by atoms with van der Waals surface area (Å²) in [7, 11) is 0. The summed E-state index contributed by atoms with van der Waals surface area (Å²) in [5.41, 5.74) is 0. The Labute approximate surface area is 382 Å². The fourth-order valence-electron chi connectivity index (χ4n) is 18.7. The van der Waals surface area contributed by atoms with Crippen LogP contribution < -0.4 is 0 Å². The van der Waals surface area contributed by atoms with E-state index in [0.29, 0.717) is 0 Å². The second kappa shape index (κ2) is 24.1. The Morgan fingerprint density at radius 1 is 0.0984 bits per heavy atom. The number of fused-ring (bicyclic) bond motifs is 16. The lowest BCUT2D eigenvalue weighted by Crippen LogP contribution is -2.38. The highest BCUT2D eigenvalue weighted by Gasteiger charge is 2.42. The first-order valence-corrected chi connectivity index (χ1v) is 30.1. The lowest BCUT2D eigenvalue weighted by molar-refractivity contribution is 0.0198. The topological polar surface area (TPSA) is 0 Å². The van der Waals surface area contributed by atoms with Crippen LogP contribution in [0.1, 0.15) is 289 Å². The highest BCUT2D eigenvalue weighted by Crippen LogP contribution is 2.53. The van der Waals surface area contributed by atoms with Crippen molar-refractivity contribution in [1.82, 2.24) is 0 Å². The molecule has 0 nitrogen and oxygen atoms in total. The van der Waals surface area contributed by atoms with E-state index in [4.69, 9.17) is 0 Å². The monoisotopic (exact) mass is 839 g/mol. The van der Waals surface area contributed by atoms with Gasteiger partial charge in [-0.25, -0.2) is 0 Å². The maximum absolute atomic E-state index is 1.60. The molecule has 0 aromatic rings. The van der Waals surface area contributed by atoms with Gasteiger partial charge in [-0.05, 0) is 152 Å². The molecule has 350 valence electrons. The van der Waals surface area contributed by atoms with Crippen molar-refractivity contribution in [2.45, 2.75) is 289 Å². The zero-order valence-electron chi connectivity index (χ0n) is 41.1. The average Bonchev–Trinajstić information content (AvgIpc) is 3.76. The summed E-state index contributed by atoms with van der Waals surface area (Å²) in [6.45, 7) is 0. The molecule has 0 radical (unpaired) electrons. The molecule has 18 aliphatic rings. The van der Waals surface area contributed by atoms with Crippen LogP contribution in [0.5, 0.6) is 0 Å². The lowest BCUT2D eigenvalue weighted by Gasteiger charge is -2.49. The van der Waals surface area contributed by atoms with Gasteiger partial charge in [0.1, 0.15) is 0 Å². The molecule has 18 saturated carbocycles. The van der Waals surface area contributed by atoms with E-state index in [9.17, 15) is 0 Å². The minimum Gasteiger partial charge on any atom is -0.0528 e. The molecular weight excluding hydrogens is 733 g/mol. The Balaban J connectivity index is 0.0000000913. The molecule has 0 aliphatic heterocycles. The zero-order chi connectivity index (χ0) is 41.1. The predicted octanol–water partition coefficient (Wildman–Crippen LogP) is 19.5. The van der Waals surface area contributed by atoms with E-state index in [-0.39, 0.29) is 0 Å². The van der Waals surface area contributed by atoms with Crippen LogP contribution in [-0.4, -0.2) is 0 Å². The van der Waals surface area contributed by atoms with Crippen LogP contribution in [0.2, 0.25) is 0 Å². The van der Waals surface area contributed by atoms with Crippen LogP contribution >= 0.6 is 0 Å². The molecule has 0 aromatic heterocycles. The molecule has 18 aliphatic carbocycles. The van der Waals surface area contributed by atoms with E-state index in [1.165, 1.54) is 74.0 Å². The highest BCUT2D eigenvalue weighted by molar-refractivity contribution is 4.93. The molecule has 18 fully saturated rings. The van der Waals surface area contributed by atoms with Crippen molar-refractivity contribution >= 4 is 0 Å². The minimum atomic E-state index is 1.13. The predicted molar refractivity (Wildman–Crippen MR) is 264 cm³/mol. The average molecular weight is 840 g/mol. The van der Waals surface area contributed by atoms with Crippen molar-refractivity contribution in [1.29, 1.82) is 0 Å². The van der Waals surface area contributed by atoms with E-state index in [2.05, 4.69) is 0 Å². The van der Waals surface area contributed by atoms with E-state index >= 15 is 0 Å². The van der Waals surface area contributed by atoms with Gasteiger partial charge in [0.25, 0.3) is 0 Å². The van der Waals surface area contributed by atoms with Gasteiger partial charge in [-0.1, -0.05) is 231 Å². The summed E-state index contributed by atoms with van der Waals surface area (Å²) in [5.74, 6) is 18.5. The second-order valence-electron chi connectivity index (χ2n) is 26.8. The van der Waals surface area contributed by atoms with Gasteiger partial charge in [0.2, 0.25) is 0 Å². The van der Waals surface area contributed by atoms with E-state index in [1.807, 2.05) is 0 Å². The molecule has 0 amide bonds. The second-order valence-corrected chi connectivity index (χ2v) is 26.8. The van der Waals surface area contributed by atoms with Gasteiger partial charge < -0.3 is 0 Å². The van der Waals surface area contributed by atoms with Crippen LogP contribution in [0.3, 0.4) is 0 Å². The van der Waals surface area contributed by atoms with E-state index in [1.54, 1.807) is 250 Å². The summed E-state index contributed by atoms with van der Waals surface area (Å²) in [6, 6.07) is 0. The molecule has 0 N–H and O–H groups in total. The van der Waals surface area contributed by atoms with Gasteiger partial charge >= 0.3 is 0 Å². The molecule has 0 aromatic carbocycles. The fraction of sp³-hybridized carbons (Fsp3) is 1.00. The normalized spacial score (nSPS) is 46.0. The molecule has 0 heteroatoms. The van der Waals surface area contributed by atoms with Crippen molar-refractivity contribution in [3.05, 3.63) is 0 Å². The molecule has 2 atom stereocenters. The molecule has 16 bridgehead atoms. The van der Waals surface area contributed by atoms with Crippen LogP contribution in [0.4, 0.5) is 0 Å². The highest BCUT2D eigenvalue weighted by atomic mass is 14.5. The number of hydrogen-bond acceptors (Lipinski definition) is 0. The Bertz CT molecular complexity index is 1010. The molecular formula is C61H106. The van der Waals surface area contributed by atoms with Crippen LogP contribution in [0.25, 0.3) is 0 Å². The molecule has 0 saturated heterocycles. The summed E-state index contributed by atoms with van der Waals surface area (Å²) in [6.07, 6.45) is 70.3. The number of rotatable bonds is 0. The Morgan fingerprint density at radius 2 is 0.213 bits per heavy atom. The van der Waals surface area contributed by atoms with Crippen LogP contribution in [-0.2, 0) is 0 Å². The standard InChI is InChI=1S/C10H16.C10H18.2C9H16.2C8H14.C7H12/c1-7-2-9-4-8(1)5-10(3-7)6-9;1-3-9-5-2-6-10(4-1)8-7-9;1-3-8-5-2-6-9(4-1)7-8;1-2-8-4-6-9(3-1)7-5-8;1-2-8-5-3-7(1)4-6-8;1-2-7-4-5-8(3-1)6-7;1-2-7-4-3-6(1)5-7/h7-10H,1-6H2;9-10H,1-8H2;2*8-9H,1-7H2;2*7-8H,1-6H2;6-7H,1-5H2. The van der Waals surface area contributed by atoms with Gasteiger partial charge in [0.15, 0.2) is 0 Å². The van der Waals surface area contributed by atoms with Crippen LogP contribution in [0.15, 0.2) is 0 Å². The largest absolute Gasteiger partial charge is 0.0528 e. The lowest BCUT2D eigenvalue weighted by atomic mass is 9.56. The molecule has 18 rings (SSSR count). The van der Waals surface area contributed by atoms with Crippen molar-refractivity contribution in [2.24, 2.45) is 94.7 Å². The van der Waals surface area contributed by atoms with Crippen molar-refractivity contribution in [3.63, 3.8) is 0 Å². The van der Waals surface area contributed by atoms with Crippen LogP contribution in [0, 0.1) is 94.7 Å². The van der Waals surface area contributed by atoms with Crippen molar-refractivity contribution in [3.8, 4) is 0 Å². The molecule has 61 heavy (non-hydrogen) atoms. The van der Waals surface area contributed by atoms with Gasteiger partial charge in [0.05, 0.1) is 0 Å². The minimum absolute atomic E-state index is 1.13. The van der Waals surface area contributed by atoms with Gasteiger partial charge in [-0.3, -0.25) is 0 Å². The van der Waals surface area contributed by atoms with Gasteiger partial charge in [-0.2, -0.15) is 0 Å². The quantitative estimate of drug-likeness (QED) is 0.228. The zero-order valence-corrected chi connectivity index (χ0v) is 41.1. The summed E-state index contributed by atoms with van der Waals surface area (Å²) in [5, 5.41) is 0. The maximum Gasteiger partial charge on any atom is -0.0406 e. The first-order valence-electron chi connectivity index (χ1n) is 30.1. The third-order valence-electron chi connectivity index (χ3n) is 22.2. The first kappa shape index (κ1) is 46.1. The van der Waals surface area contributed by atoms with Gasteiger partial charge in [-0.15, -0.1) is 0 Å². The number of hydrogen-bond donors (Lipinski definition) is 0. The third-order valence-corrected chi connectivity index (χ3v) is 22.2. The smallest absolute Gasteiger partial charge is 0.0406 e. The Hall–Kier alpha value is 0. The molecule has 0 spiro atoms. The summed E-state index contributed by atoms with van der Waals surface area (Å²) < 4.78 is 0. The maximum atomic E-state index is 1.60. The van der Waals surface area contributed by atoms with E-state index in [0.717, 1.165) is 59.2 Å². The fourth-order valence-corrected chi connectivity index (χ4v) is 18.7. The summed E-state index contributed by atoms with van der Waals surface area (Å²) >= 11 is 0. The molecule has 0 heterocycles. The SMILES string of the molecule is C1C2CC3CC1CC(C2)C3.C1CC2CCC(C1)C2.C1CC2CCC(C1)CC2.C1CC2CCC1C2.C1CC2CCC1CC2.C1CC2CCCC(C1)C2.C1CC2CCCC(C1)CC2. The Morgan fingerprint density at radius 3 is 0.410 bits per heavy atom.